The number of ether oxygens (including phenoxy) is 1. The second-order valence-electron chi connectivity index (χ2n) is 3.02. The van der Waals surface area contributed by atoms with Crippen LogP contribution in [-0.2, 0) is 4.74 Å². The lowest BCUT2D eigenvalue weighted by Gasteiger charge is -2.33. The molecule has 1 N–H and O–H groups in total. The Morgan fingerprint density at radius 2 is 2.00 bits per heavy atom. The first-order chi connectivity index (χ1) is 5.44. The van der Waals surface area contributed by atoms with Crippen LogP contribution < -0.4 is 5.32 Å². The standard InChI is InChI=1S/C7H12F3NO.ClH/c1-5-6(12-2,3-4-11-5)7(8,9)10;/h5,11H,3-4H2,1-2H3;1H/t5-,6?;/m1./s1. The monoisotopic (exact) mass is 219 g/mol. The van der Waals surface area contributed by atoms with Crippen molar-refractivity contribution in [3.05, 3.63) is 0 Å². The molecule has 13 heavy (non-hydrogen) atoms. The van der Waals surface area contributed by atoms with Gasteiger partial charge in [-0.2, -0.15) is 13.2 Å². The summed E-state index contributed by atoms with van der Waals surface area (Å²) < 4.78 is 42.1. The van der Waals surface area contributed by atoms with E-state index in [2.05, 4.69) is 10.1 Å². The summed E-state index contributed by atoms with van der Waals surface area (Å²) in [5.74, 6) is 0. The first kappa shape index (κ1) is 13.0. The Labute approximate surface area is 81.2 Å². The van der Waals surface area contributed by atoms with Gasteiger partial charge in [0.2, 0.25) is 0 Å². The molecule has 0 spiro atoms. The van der Waals surface area contributed by atoms with Gasteiger partial charge in [-0.1, -0.05) is 0 Å². The van der Waals surface area contributed by atoms with Gasteiger partial charge in [0.05, 0.1) is 0 Å². The number of alkyl halides is 3. The van der Waals surface area contributed by atoms with Gasteiger partial charge in [-0.15, -0.1) is 12.4 Å². The molecule has 1 aliphatic rings. The Bertz CT molecular complexity index is 176. The molecule has 0 aromatic rings. The Hall–Kier alpha value is 0. The van der Waals surface area contributed by atoms with Gasteiger partial charge >= 0.3 is 6.18 Å². The first-order valence-corrected chi connectivity index (χ1v) is 3.79. The summed E-state index contributed by atoms with van der Waals surface area (Å²) in [6, 6.07) is -0.664. The van der Waals surface area contributed by atoms with E-state index in [0.717, 1.165) is 7.11 Å². The molecular weight excluding hydrogens is 207 g/mol. The molecule has 1 saturated heterocycles. The van der Waals surface area contributed by atoms with Crippen molar-refractivity contribution in [1.29, 1.82) is 0 Å². The van der Waals surface area contributed by atoms with Crippen molar-refractivity contribution in [3.8, 4) is 0 Å². The van der Waals surface area contributed by atoms with Gasteiger partial charge in [0.25, 0.3) is 0 Å². The smallest absolute Gasteiger partial charge is 0.367 e. The van der Waals surface area contributed by atoms with Crippen LogP contribution in [0.2, 0.25) is 0 Å². The summed E-state index contributed by atoms with van der Waals surface area (Å²) in [6.07, 6.45) is -4.29. The van der Waals surface area contributed by atoms with Crippen molar-refractivity contribution >= 4 is 12.4 Å². The highest BCUT2D eigenvalue weighted by Gasteiger charge is 2.60. The van der Waals surface area contributed by atoms with E-state index in [1.807, 2.05) is 0 Å². The Morgan fingerprint density at radius 3 is 2.15 bits per heavy atom. The van der Waals surface area contributed by atoms with Crippen molar-refractivity contribution in [1.82, 2.24) is 5.32 Å². The minimum Gasteiger partial charge on any atom is -0.367 e. The highest BCUT2D eigenvalue weighted by molar-refractivity contribution is 5.85. The van der Waals surface area contributed by atoms with E-state index in [1.165, 1.54) is 6.92 Å². The lowest BCUT2D eigenvalue weighted by molar-refractivity contribution is -0.271. The van der Waals surface area contributed by atoms with E-state index < -0.39 is 17.8 Å². The van der Waals surface area contributed by atoms with E-state index in [9.17, 15) is 13.2 Å². The van der Waals surface area contributed by atoms with Gasteiger partial charge in [-0.05, 0) is 19.9 Å². The molecule has 1 fully saturated rings. The number of hydrogen-bond acceptors (Lipinski definition) is 2. The zero-order chi connectivity index (χ0) is 9.41. The van der Waals surface area contributed by atoms with Gasteiger partial charge in [0.1, 0.15) is 0 Å². The molecule has 0 aromatic heterocycles. The topological polar surface area (TPSA) is 21.3 Å². The van der Waals surface area contributed by atoms with E-state index in [-0.39, 0.29) is 18.8 Å². The molecule has 0 aliphatic carbocycles. The fourth-order valence-electron chi connectivity index (χ4n) is 1.64. The lowest BCUT2D eigenvalue weighted by Crippen LogP contribution is -2.54. The largest absolute Gasteiger partial charge is 0.419 e. The molecule has 1 heterocycles. The number of hydrogen-bond donors (Lipinski definition) is 1. The molecule has 0 bridgehead atoms. The number of methoxy groups -OCH3 is 1. The number of nitrogens with one attached hydrogen (secondary N) is 1. The molecule has 80 valence electrons. The molecular formula is C7H13ClF3NO. The van der Waals surface area contributed by atoms with Crippen molar-refractivity contribution in [3.63, 3.8) is 0 Å². The number of rotatable bonds is 1. The fourth-order valence-corrected chi connectivity index (χ4v) is 1.64. The SMILES string of the molecule is COC1(C(F)(F)F)CCN[C@@H]1C.Cl. The van der Waals surface area contributed by atoms with Gasteiger partial charge in [0.15, 0.2) is 5.60 Å². The average Bonchev–Trinajstić information content (AvgIpc) is 2.30. The summed E-state index contributed by atoms with van der Waals surface area (Å²) in [5, 5.41) is 2.72. The molecule has 0 saturated carbocycles. The predicted molar refractivity (Wildman–Crippen MR) is 45.1 cm³/mol. The molecule has 0 radical (unpaired) electrons. The second-order valence-corrected chi connectivity index (χ2v) is 3.02. The summed E-state index contributed by atoms with van der Waals surface area (Å²) in [6.45, 7) is 1.85. The van der Waals surface area contributed by atoms with Crippen LogP contribution in [0.1, 0.15) is 13.3 Å². The minimum atomic E-state index is -4.29. The van der Waals surface area contributed by atoms with Crippen molar-refractivity contribution in [2.45, 2.75) is 31.2 Å². The third-order valence-corrected chi connectivity index (χ3v) is 2.49. The van der Waals surface area contributed by atoms with E-state index in [4.69, 9.17) is 0 Å². The van der Waals surface area contributed by atoms with Crippen molar-refractivity contribution in [2.24, 2.45) is 0 Å². The van der Waals surface area contributed by atoms with Crippen LogP contribution in [0.15, 0.2) is 0 Å². The molecule has 6 heteroatoms. The number of halogens is 4. The highest BCUT2D eigenvalue weighted by Crippen LogP contribution is 2.40. The van der Waals surface area contributed by atoms with E-state index >= 15 is 0 Å². The van der Waals surface area contributed by atoms with Crippen LogP contribution in [0, 0.1) is 0 Å². The van der Waals surface area contributed by atoms with Gasteiger partial charge < -0.3 is 10.1 Å². The van der Waals surface area contributed by atoms with E-state index in [0.29, 0.717) is 6.54 Å². The van der Waals surface area contributed by atoms with Crippen molar-refractivity contribution in [2.75, 3.05) is 13.7 Å². The molecule has 1 aliphatic heterocycles. The predicted octanol–water partition coefficient (Wildman–Crippen LogP) is 1.74. The zero-order valence-corrected chi connectivity index (χ0v) is 8.26. The van der Waals surface area contributed by atoms with E-state index in [1.54, 1.807) is 0 Å². The maximum absolute atomic E-state index is 12.5. The van der Waals surface area contributed by atoms with Crippen LogP contribution >= 0.6 is 12.4 Å². The first-order valence-electron chi connectivity index (χ1n) is 3.79. The van der Waals surface area contributed by atoms with Crippen LogP contribution in [0.4, 0.5) is 13.2 Å². The zero-order valence-electron chi connectivity index (χ0n) is 7.44. The van der Waals surface area contributed by atoms with Crippen LogP contribution in [0.25, 0.3) is 0 Å². The van der Waals surface area contributed by atoms with Crippen LogP contribution in [0.5, 0.6) is 0 Å². The van der Waals surface area contributed by atoms with Gasteiger partial charge in [0, 0.05) is 13.2 Å². The third kappa shape index (κ3) is 1.92. The molecule has 2 atom stereocenters. The summed E-state index contributed by atoms with van der Waals surface area (Å²) in [5.41, 5.74) is -1.98. The van der Waals surface area contributed by atoms with Gasteiger partial charge in [-0.25, -0.2) is 0 Å². The fraction of sp³-hybridized carbons (Fsp3) is 1.00. The van der Waals surface area contributed by atoms with Crippen molar-refractivity contribution < 1.29 is 17.9 Å². The minimum absolute atomic E-state index is 0. The maximum Gasteiger partial charge on any atom is 0.419 e. The molecule has 0 aromatic carbocycles. The molecule has 1 unspecified atom stereocenters. The molecule has 1 rings (SSSR count). The molecule has 2 nitrogen and oxygen atoms in total. The third-order valence-electron chi connectivity index (χ3n) is 2.49. The summed E-state index contributed by atoms with van der Waals surface area (Å²) in [7, 11) is 1.11. The maximum atomic E-state index is 12.5. The Kier molecular flexibility index (Phi) is 4.02. The second kappa shape index (κ2) is 4.02. The lowest BCUT2D eigenvalue weighted by atomic mass is 9.95. The normalized spacial score (nSPS) is 34.4. The van der Waals surface area contributed by atoms with Crippen LogP contribution in [0.3, 0.4) is 0 Å². The summed E-state index contributed by atoms with van der Waals surface area (Å²) >= 11 is 0. The van der Waals surface area contributed by atoms with Gasteiger partial charge in [-0.3, -0.25) is 0 Å². The average molecular weight is 220 g/mol. The Balaban J connectivity index is 0.00000144. The van der Waals surface area contributed by atoms with Crippen LogP contribution in [-0.4, -0.2) is 31.5 Å². The summed E-state index contributed by atoms with van der Waals surface area (Å²) in [4.78, 5) is 0. The highest BCUT2D eigenvalue weighted by atomic mass is 35.5. The Morgan fingerprint density at radius 1 is 1.46 bits per heavy atom. The quantitative estimate of drug-likeness (QED) is 0.726. The molecule has 0 amide bonds.